The Labute approximate surface area is 150 Å². The Hall–Kier alpha value is -2.30. The van der Waals surface area contributed by atoms with E-state index < -0.39 is 0 Å². The summed E-state index contributed by atoms with van der Waals surface area (Å²) in [6.45, 7) is 10.6. The molecule has 136 valence electrons. The summed E-state index contributed by atoms with van der Waals surface area (Å²) in [6.07, 6.45) is 2.05. The van der Waals surface area contributed by atoms with E-state index in [9.17, 15) is 0 Å². The Morgan fingerprint density at radius 1 is 1.12 bits per heavy atom. The molecule has 2 N–H and O–H groups in total. The van der Waals surface area contributed by atoms with Gasteiger partial charge in [0, 0.05) is 19.2 Å². The summed E-state index contributed by atoms with van der Waals surface area (Å²) >= 11 is 0. The van der Waals surface area contributed by atoms with E-state index in [1.165, 1.54) is 11.1 Å². The molecule has 0 aliphatic rings. The van der Waals surface area contributed by atoms with Crippen molar-refractivity contribution in [1.29, 1.82) is 0 Å². The summed E-state index contributed by atoms with van der Waals surface area (Å²) in [5.41, 5.74) is 3.68. The molecule has 5 heteroatoms. The van der Waals surface area contributed by atoms with Gasteiger partial charge >= 0.3 is 0 Å². The van der Waals surface area contributed by atoms with Crippen molar-refractivity contribution in [2.24, 2.45) is 4.99 Å². The number of benzene rings is 1. The van der Waals surface area contributed by atoms with Crippen molar-refractivity contribution in [2.45, 2.75) is 53.0 Å². The highest BCUT2D eigenvalue weighted by molar-refractivity contribution is 5.79. The number of nitrogens with zero attached hydrogens (tertiary/aromatic N) is 2. The summed E-state index contributed by atoms with van der Waals surface area (Å²) in [5.74, 6) is 1.96. The molecule has 0 amide bonds. The van der Waals surface area contributed by atoms with Gasteiger partial charge in [-0.15, -0.1) is 0 Å². The number of aromatic nitrogens is 1. The van der Waals surface area contributed by atoms with E-state index in [1.54, 1.807) is 0 Å². The maximum atomic E-state index is 5.34. The topological polar surface area (TPSA) is 62.5 Å². The Balaban J connectivity index is 1.85. The van der Waals surface area contributed by atoms with Crippen molar-refractivity contribution >= 4 is 5.96 Å². The highest BCUT2D eigenvalue weighted by Crippen LogP contribution is 2.14. The summed E-state index contributed by atoms with van der Waals surface area (Å²) in [5, 5.41) is 10.7. The fraction of sp³-hybridized carbons (Fsp3) is 0.500. The molecule has 0 fully saturated rings. The molecule has 2 aromatic rings. The number of rotatable bonds is 8. The Kier molecular flexibility index (Phi) is 7.51. The first-order valence-corrected chi connectivity index (χ1v) is 9.17. The van der Waals surface area contributed by atoms with Gasteiger partial charge in [-0.25, -0.2) is 4.99 Å². The van der Waals surface area contributed by atoms with Crippen LogP contribution in [0.3, 0.4) is 0 Å². The largest absolute Gasteiger partial charge is 0.359 e. The van der Waals surface area contributed by atoms with Gasteiger partial charge in [0.15, 0.2) is 11.7 Å². The molecule has 0 saturated carbocycles. The SMILES string of the molecule is CCNC(=NCc1cc(C(C)C)no1)NCCc1ccc(CC)cc1. The Morgan fingerprint density at radius 3 is 2.44 bits per heavy atom. The number of hydrogen-bond acceptors (Lipinski definition) is 3. The lowest BCUT2D eigenvalue weighted by Gasteiger charge is -2.11. The second kappa shape index (κ2) is 9.87. The van der Waals surface area contributed by atoms with Crippen LogP contribution < -0.4 is 10.6 Å². The average molecular weight is 342 g/mol. The molecule has 25 heavy (non-hydrogen) atoms. The molecular formula is C20H30N4O. The van der Waals surface area contributed by atoms with Crippen molar-refractivity contribution < 1.29 is 4.52 Å². The minimum absolute atomic E-state index is 0.368. The fourth-order valence-electron chi connectivity index (χ4n) is 2.44. The van der Waals surface area contributed by atoms with E-state index >= 15 is 0 Å². The van der Waals surface area contributed by atoms with E-state index in [1.807, 2.05) is 6.07 Å². The summed E-state index contributed by atoms with van der Waals surface area (Å²) in [7, 11) is 0. The van der Waals surface area contributed by atoms with Crippen LogP contribution in [0.1, 0.15) is 56.2 Å². The molecule has 2 rings (SSSR count). The summed E-state index contributed by atoms with van der Waals surface area (Å²) in [6, 6.07) is 10.8. The van der Waals surface area contributed by atoms with E-state index in [-0.39, 0.29) is 0 Å². The zero-order chi connectivity index (χ0) is 18.1. The molecule has 5 nitrogen and oxygen atoms in total. The van der Waals surface area contributed by atoms with Crippen molar-refractivity contribution in [3.8, 4) is 0 Å². The van der Waals surface area contributed by atoms with Crippen LogP contribution in [0.2, 0.25) is 0 Å². The quantitative estimate of drug-likeness (QED) is 0.568. The minimum atomic E-state index is 0.368. The smallest absolute Gasteiger partial charge is 0.191 e. The summed E-state index contributed by atoms with van der Waals surface area (Å²) < 4.78 is 5.34. The van der Waals surface area contributed by atoms with Gasteiger partial charge in [-0.2, -0.15) is 0 Å². The van der Waals surface area contributed by atoms with E-state index in [0.29, 0.717) is 12.5 Å². The first-order valence-electron chi connectivity index (χ1n) is 9.17. The molecule has 0 spiro atoms. The van der Waals surface area contributed by atoms with Gasteiger partial charge in [-0.05, 0) is 36.8 Å². The van der Waals surface area contributed by atoms with Gasteiger partial charge < -0.3 is 15.2 Å². The van der Waals surface area contributed by atoms with E-state index in [2.05, 4.69) is 72.7 Å². The molecule has 1 heterocycles. The number of nitrogens with one attached hydrogen (secondary N) is 2. The molecule has 0 radical (unpaired) electrons. The highest BCUT2D eigenvalue weighted by atomic mass is 16.5. The van der Waals surface area contributed by atoms with Gasteiger partial charge in [0.2, 0.25) is 0 Å². The monoisotopic (exact) mass is 342 g/mol. The number of aryl methyl sites for hydroxylation is 1. The molecule has 0 saturated heterocycles. The van der Waals surface area contributed by atoms with Crippen LogP contribution in [0.15, 0.2) is 39.8 Å². The molecular weight excluding hydrogens is 312 g/mol. The average Bonchev–Trinajstić information content (AvgIpc) is 3.09. The van der Waals surface area contributed by atoms with E-state index in [4.69, 9.17) is 4.52 Å². The number of hydrogen-bond donors (Lipinski definition) is 2. The van der Waals surface area contributed by atoms with E-state index in [0.717, 1.165) is 43.3 Å². The molecule has 0 atom stereocenters. The van der Waals surface area contributed by atoms with Crippen molar-refractivity contribution in [3.63, 3.8) is 0 Å². The predicted octanol–water partition coefficient (Wildman–Crippen LogP) is 3.66. The molecule has 0 aliphatic heterocycles. The molecule has 0 aliphatic carbocycles. The van der Waals surface area contributed by atoms with Crippen LogP contribution >= 0.6 is 0 Å². The van der Waals surface area contributed by atoms with Crippen LogP contribution in [0, 0.1) is 0 Å². The van der Waals surface area contributed by atoms with Gasteiger partial charge in [-0.1, -0.05) is 50.2 Å². The van der Waals surface area contributed by atoms with Gasteiger partial charge in [0.1, 0.15) is 6.54 Å². The molecule has 1 aromatic heterocycles. The number of aliphatic imine (C=N–C) groups is 1. The first-order chi connectivity index (χ1) is 12.1. The third-order valence-corrected chi connectivity index (χ3v) is 4.04. The lowest BCUT2D eigenvalue weighted by molar-refractivity contribution is 0.376. The maximum absolute atomic E-state index is 5.34. The molecule has 0 bridgehead atoms. The van der Waals surface area contributed by atoms with Gasteiger partial charge in [-0.3, -0.25) is 0 Å². The zero-order valence-corrected chi connectivity index (χ0v) is 15.8. The Morgan fingerprint density at radius 2 is 1.84 bits per heavy atom. The number of guanidine groups is 1. The van der Waals surface area contributed by atoms with Crippen LogP contribution in [0.4, 0.5) is 0 Å². The van der Waals surface area contributed by atoms with Gasteiger partial charge in [0.05, 0.1) is 5.69 Å². The Bertz CT molecular complexity index is 659. The minimum Gasteiger partial charge on any atom is -0.359 e. The molecule has 1 aromatic carbocycles. The van der Waals surface area contributed by atoms with Crippen molar-refractivity contribution in [1.82, 2.24) is 15.8 Å². The highest BCUT2D eigenvalue weighted by Gasteiger charge is 2.07. The zero-order valence-electron chi connectivity index (χ0n) is 15.8. The second-order valence-corrected chi connectivity index (χ2v) is 6.41. The third-order valence-electron chi connectivity index (χ3n) is 4.04. The van der Waals surface area contributed by atoms with Crippen LogP contribution in [-0.2, 0) is 19.4 Å². The second-order valence-electron chi connectivity index (χ2n) is 6.41. The first kappa shape index (κ1) is 19.0. The normalized spacial score (nSPS) is 11.8. The maximum Gasteiger partial charge on any atom is 0.191 e. The predicted molar refractivity (Wildman–Crippen MR) is 103 cm³/mol. The fourth-order valence-corrected chi connectivity index (χ4v) is 2.44. The van der Waals surface area contributed by atoms with Crippen LogP contribution in [0.5, 0.6) is 0 Å². The standard InChI is InChI=1S/C20H30N4O/c1-5-16-7-9-17(10-8-16)11-12-22-20(21-6-2)23-14-18-13-19(15(3)4)24-25-18/h7-10,13,15H,5-6,11-12,14H2,1-4H3,(H2,21,22,23). The molecule has 0 unspecified atom stereocenters. The lowest BCUT2D eigenvalue weighted by Crippen LogP contribution is -2.38. The lowest BCUT2D eigenvalue weighted by atomic mass is 10.1. The van der Waals surface area contributed by atoms with Crippen LogP contribution in [-0.4, -0.2) is 24.2 Å². The third kappa shape index (κ3) is 6.25. The van der Waals surface area contributed by atoms with Gasteiger partial charge in [0.25, 0.3) is 0 Å². The summed E-state index contributed by atoms with van der Waals surface area (Å²) in [4.78, 5) is 4.58. The van der Waals surface area contributed by atoms with Crippen molar-refractivity contribution in [3.05, 3.63) is 52.9 Å². The van der Waals surface area contributed by atoms with Crippen LogP contribution in [0.25, 0.3) is 0 Å². The van der Waals surface area contributed by atoms with Crippen molar-refractivity contribution in [2.75, 3.05) is 13.1 Å².